The Morgan fingerprint density at radius 3 is 2.62 bits per heavy atom. The zero-order chi connectivity index (χ0) is 19.1. The summed E-state index contributed by atoms with van der Waals surface area (Å²) in [4.78, 5) is 11.1. The lowest BCUT2D eigenvalue weighted by Gasteiger charge is -2.09. The summed E-state index contributed by atoms with van der Waals surface area (Å²) in [6, 6.07) is 10.0. The predicted molar refractivity (Wildman–Crippen MR) is 108 cm³/mol. The molecular formula is C17H15Cl2N3O3S. The van der Waals surface area contributed by atoms with Gasteiger partial charge in [0, 0.05) is 11.9 Å². The summed E-state index contributed by atoms with van der Waals surface area (Å²) >= 11 is 17.1. The van der Waals surface area contributed by atoms with Crippen molar-refractivity contribution in [3.05, 3.63) is 52.0 Å². The lowest BCUT2D eigenvalue weighted by molar-refractivity contribution is -0.132. The van der Waals surface area contributed by atoms with Crippen molar-refractivity contribution in [2.75, 3.05) is 12.4 Å². The van der Waals surface area contributed by atoms with Gasteiger partial charge >= 0.3 is 5.97 Å². The van der Waals surface area contributed by atoms with E-state index in [0.29, 0.717) is 27.2 Å². The summed E-state index contributed by atoms with van der Waals surface area (Å²) in [6.45, 7) is 1.32. The van der Waals surface area contributed by atoms with Gasteiger partial charge in [-0.3, -0.25) is 10.2 Å². The highest BCUT2D eigenvalue weighted by Gasteiger charge is 2.07. The molecule has 0 unspecified atom stereocenters. The number of ether oxygens (including phenoxy) is 2. The SMILES string of the molecule is COc1cc(/C=N\NC(=S)Nc2ccc(Cl)cc2Cl)ccc1OC(C)=O. The minimum Gasteiger partial charge on any atom is -0.493 e. The monoisotopic (exact) mass is 411 g/mol. The highest BCUT2D eigenvalue weighted by Crippen LogP contribution is 2.27. The van der Waals surface area contributed by atoms with Gasteiger partial charge in [-0.15, -0.1) is 0 Å². The number of methoxy groups -OCH3 is 1. The number of hydrogen-bond acceptors (Lipinski definition) is 5. The largest absolute Gasteiger partial charge is 0.493 e. The van der Waals surface area contributed by atoms with Crippen molar-refractivity contribution in [3.63, 3.8) is 0 Å². The molecule has 6 nitrogen and oxygen atoms in total. The van der Waals surface area contributed by atoms with Crippen LogP contribution in [0.2, 0.25) is 10.0 Å². The van der Waals surface area contributed by atoms with Gasteiger partial charge in [0.05, 0.1) is 24.0 Å². The maximum Gasteiger partial charge on any atom is 0.308 e. The molecule has 2 aromatic carbocycles. The van der Waals surface area contributed by atoms with Crippen LogP contribution in [0.4, 0.5) is 5.69 Å². The van der Waals surface area contributed by atoms with Gasteiger partial charge in [0.2, 0.25) is 0 Å². The second kappa shape index (κ2) is 9.38. The highest BCUT2D eigenvalue weighted by molar-refractivity contribution is 7.80. The third-order valence-electron chi connectivity index (χ3n) is 3.00. The number of benzene rings is 2. The Labute approximate surface area is 166 Å². The van der Waals surface area contributed by atoms with Crippen molar-refractivity contribution >= 4 is 58.4 Å². The molecule has 0 saturated heterocycles. The van der Waals surface area contributed by atoms with E-state index in [9.17, 15) is 4.79 Å². The van der Waals surface area contributed by atoms with Gasteiger partial charge in [-0.2, -0.15) is 5.10 Å². The van der Waals surface area contributed by atoms with Crippen LogP contribution in [0.3, 0.4) is 0 Å². The van der Waals surface area contributed by atoms with Crippen molar-refractivity contribution in [3.8, 4) is 11.5 Å². The molecule has 0 bridgehead atoms. The van der Waals surface area contributed by atoms with Gasteiger partial charge < -0.3 is 14.8 Å². The molecule has 0 heterocycles. The normalized spacial score (nSPS) is 10.5. The predicted octanol–water partition coefficient (Wildman–Crippen LogP) is 4.25. The molecule has 9 heteroatoms. The average Bonchev–Trinajstić information content (AvgIpc) is 2.58. The first kappa shape index (κ1) is 20.0. The minimum absolute atomic E-state index is 0.258. The van der Waals surface area contributed by atoms with Crippen molar-refractivity contribution in [2.24, 2.45) is 5.10 Å². The summed E-state index contributed by atoms with van der Waals surface area (Å²) in [5.74, 6) is 0.321. The van der Waals surface area contributed by atoms with Crippen LogP contribution in [0.25, 0.3) is 0 Å². The average molecular weight is 412 g/mol. The van der Waals surface area contributed by atoms with Crippen molar-refractivity contribution in [1.82, 2.24) is 5.43 Å². The van der Waals surface area contributed by atoms with Crippen LogP contribution in [0.15, 0.2) is 41.5 Å². The van der Waals surface area contributed by atoms with Crippen LogP contribution in [0.5, 0.6) is 11.5 Å². The van der Waals surface area contributed by atoms with Crippen molar-refractivity contribution < 1.29 is 14.3 Å². The molecule has 0 amide bonds. The Kier molecular flexibility index (Phi) is 7.20. The van der Waals surface area contributed by atoms with Gasteiger partial charge in [0.25, 0.3) is 0 Å². The highest BCUT2D eigenvalue weighted by atomic mass is 35.5. The number of hydrazone groups is 1. The van der Waals surface area contributed by atoms with Gasteiger partial charge in [-0.1, -0.05) is 23.2 Å². The zero-order valence-electron chi connectivity index (χ0n) is 13.9. The Balaban J connectivity index is 1.99. The van der Waals surface area contributed by atoms with Gasteiger partial charge in [0.15, 0.2) is 16.6 Å². The number of thiocarbonyl (C=S) groups is 1. The molecule has 0 fully saturated rings. The maximum atomic E-state index is 11.1. The molecule has 0 spiro atoms. The number of carbonyl (C=O) groups is 1. The number of rotatable bonds is 5. The second-order valence-electron chi connectivity index (χ2n) is 4.95. The van der Waals surface area contributed by atoms with E-state index in [0.717, 1.165) is 5.56 Å². The Morgan fingerprint density at radius 1 is 1.19 bits per heavy atom. The van der Waals surface area contributed by atoms with E-state index >= 15 is 0 Å². The van der Waals surface area contributed by atoms with Crippen LogP contribution >= 0.6 is 35.4 Å². The van der Waals surface area contributed by atoms with Gasteiger partial charge in [-0.25, -0.2) is 0 Å². The van der Waals surface area contributed by atoms with E-state index in [1.54, 1.807) is 36.4 Å². The Morgan fingerprint density at radius 2 is 1.96 bits per heavy atom. The molecule has 26 heavy (non-hydrogen) atoms. The van der Waals surface area contributed by atoms with E-state index < -0.39 is 5.97 Å². The fraction of sp³-hybridized carbons (Fsp3) is 0.118. The number of nitrogens with one attached hydrogen (secondary N) is 2. The van der Waals surface area contributed by atoms with Crippen LogP contribution in [0, 0.1) is 0 Å². The quantitative estimate of drug-likeness (QED) is 0.252. The number of esters is 1. The van der Waals surface area contributed by atoms with E-state index in [4.69, 9.17) is 44.9 Å². The molecule has 136 valence electrons. The second-order valence-corrected chi connectivity index (χ2v) is 6.20. The Hall–Kier alpha value is -2.35. The van der Waals surface area contributed by atoms with Crippen LogP contribution in [-0.2, 0) is 4.79 Å². The first-order valence-corrected chi connectivity index (χ1v) is 8.47. The molecule has 2 N–H and O–H groups in total. The first-order chi connectivity index (χ1) is 12.4. The fourth-order valence-corrected chi connectivity index (χ4v) is 2.53. The summed E-state index contributed by atoms with van der Waals surface area (Å²) < 4.78 is 10.2. The van der Waals surface area contributed by atoms with Crippen molar-refractivity contribution in [2.45, 2.75) is 6.92 Å². The van der Waals surface area contributed by atoms with Crippen molar-refractivity contribution in [1.29, 1.82) is 0 Å². The first-order valence-electron chi connectivity index (χ1n) is 7.30. The van der Waals surface area contributed by atoms with E-state index in [-0.39, 0.29) is 5.11 Å². The van der Waals surface area contributed by atoms with Gasteiger partial charge in [0.1, 0.15) is 0 Å². The number of carbonyl (C=O) groups excluding carboxylic acids is 1. The molecule has 0 atom stereocenters. The Bertz CT molecular complexity index is 859. The summed E-state index contributed by atoms with van der Waals surface area (Å²) in [7, 11) is 1.48. The molecule has 0 saturated carbocycles. The van der Waals surface area contributed by atoms with Gasteiger partial charge in [-0.05, 0) is 54.2 Å². The maximum absolute atomic E-state index is 11.1. The van der Waals surface area contributed by atoms with Crippen LogP contribution < -0.4 is 20.2 Å². The number of halogens is 2. The van der Waals surface area contributed by atoms with Crippen LogP contribution in [0.1, 0.15) is 12.5 Å². The molecule has 0 aliphatic rings. The van der Waals surface area contributed by atoms with Crippen LogP contribution in [-0.4, -0.2) is 24.4 Å². The molecule has 0 aromatic heterocycles. The number of nitrogens with zero attached hydrogens (tertiary/aromatic N) is 1. The topological polar surface area (TPSA) is 71.9 Å². The molecule has 2 aromatic rings. The zero-order valence-corrected chi connectivity index (χ0v) is 16.2. The standard InChI is InChI=1S/C17H15Cl2N3O3S/c1-10(23)25-15-6-3-11(7-16(15)24-2)9-20-22-17(26)21-14-5-4-12(18)8-13(14)19/h3-9H,1-2H3,(H2,21,22,26)/b20-9-. The van der Waals surface area contributed by atoms with E-state index in [1.165, 1.54) is 20.2 Å². The lowest BCUT2D eigenvalue weighted by Crippen LogP contribution is -2.24. The smallest absolute Gasteiger partial charge is 0.308 e. The minimum atomic E-state index is -0.427. The molecule has 2 rings (SSSR count). The number of anilines is 1. The molecule has 0 radical (unpaired) electrons. The molecular weight excluding hydrogens is 397 g/mol. The molecule has 0 aliphatic carbocycles. The lowest BCUT2D eigenvalue weighted by atomic mass is 10.2. The fourth-order valence-electron chi connectivity index (χ4n) is 1.91. The molecule has 0 aliphatic heterocycles. The third-order valence-corrected chi connectivity index (χ3v) is 3.74. The summed E-state index contributed by atoms with van der Waals surface area (Å²) in [6.07, 6.45) is 1.54. The van der Waals surface area contributed by atoms with E-state index in [1.807, 2.05) is 0 Å². The third kappa shape index (κ3) is 5.87. The van der Waals surface area contributed by atoms with E-state index in [2.05, 4.69) is 15.8 Å². The summed E-state index contributed by atoms with van der Waals surface area (Å²) in [5, 5.41) is 8.18. The number of hydrogen-bond donors (Lipinski definition) is 2. The summed E-state index contributed by atoms with van der Waals surface area (Å²) in [5.41, 5.74) is 4.01.